The van der Waals surface area contributed by atoms with Crippen molar-refractivity contribution in [1.82, 2.24) is 4.31 Å². The van der Waals surface area contributed by atoms with Crippen LogP contribution in [0.4, 0.5) is 5.69 Å². The van der Waals surface area contributed by atoms with Crippen LogP contribution >= 0.6 is 11.3 Å². The molecule has 26 heavy (non-hydrogen) atoms. The van der Waals surface area contributed by atoms with E-state index >= 15 is 0 Å². The zero-order valence-electron chi connectivity index (χ0n) is 14.4. The molecule has 5 nitrogen and oxygen atoms in total. The quantitative estimate of drug-likeness (QED) is 0.786. The summed E-state index contributed by atoms with van der Waals surface area (Å²) >= 11 is 1.55. The maximum absolute atomic E-state index is 12.7. The minimum absolute atomic E-state index is 0.249. The second-order valence-corrected chi connectivity index (χ2v) is 9.10. The number of rotatable bonds is 5. The largest absolute Gasteiger partial charge is 0.323 e. The third kappa shape index (κ3) is 4.81. The van der Waals surface area contributed by atoms with Crippen LogP contribution in [0.25, 0.3) is 6.08 Å². The molecule has 1 N–H and O–H groups in total. The molecule has 1 aromatic carbocycles. The van der Waals surface area contributed by atoms with Gasteiger partial charge in [-0.3, -0.25) is 4.79 Å². The van der Waals surface area contributed by atoms with Crippen molar-refractivity contribution in [2.75, 3.05) is 18.4 Å². The van der Waals surface area contributed by atoms with E-state index in [1.54, 1.807) is 46.0 Å². The molecular formula is C19H22N2O3S2. The van der Waals surface area contributed by atoms with E-state index in [1.807, 2.05) is 17.5 Å². The van der Waals surface area contributed by atoms with Gasteiger partial charge in [-0.2, -0.15) is 4.31 Å². The summed E-state index contributed by atoms with van der Waals surface area (Å²) in [6, 6.07) is 10.2. The molecule has 2 aromatic rings. The van der Waals surface area contributed by atoms with E-state index < -0.39 is 10.0 Å². The normalized spacial score (nSPS) is 16.5. The first-order valence-corrected chi connectivity index (χ1v) is 11.0. The number of benzene rings is 1. The highest BCUT2D eigenvalue weighted by Crippen LogP contribution is 2.22. The average molecular weight is 391 g/mol. The minimum Gasteiger partial charge on any atom is -0.323 e. The Labute approximate surface area is 158 Å². The van der Waals surface area contributed by atoms with E-state index in [0.29, 0.717) is 18.8 Å². The molecule has 0 bridgehead atoms. The molecule has 1 aliphatic rings. The van der Waals surface area contributed by atoms with Crippen molar-refractivity contribution in [2.24, 2.45) is 0 Å². The van der Waals surface area contributed by atoms with Crippen molar-refractivity contribution < 1.29 is 13.2 Å². The van der Waals surface area contributed by atoms with Crippen LogP contribution in [0.3, 0.4) is 0 Å². The molecule has 0 aliphatic carbocycles. The molecule has 2 heterocycles. The van der Waals surface area contributed by atoms with Gasteiger partial charge in [-0.1, -0.05) is 18.9 Å². The van der Waals surface area contributed by atoms with Gasteiger partial charge in [0.2, 0.25) is 15.9 Å². The second-order valence-electron chi connectivity index (χ2n) is 6.18. The van der Waals surface area contributed by atoms with Gasteiger partial charge in [0.25, 0.3) is 0 Å². The van der Waals surface area contributed by atoms with Crippen LogP contribution in [-0.2, 0) is 14.8 Å². The van der Waals surface area contributed by atoms with E-state index in [0.717, 1.165) is 30.6 Å². The Morgan fingerprint density at radius 1 is 1.04 bits per heavy atom. The van der Waals surface area contributed by atoms with Crippen LogP contribution in [0, 0.1) is 0 Å². The first kappa shape index (κ1) is 18.8. The van der Waals surface area contributed by atoms with Gasteiger partial charge >= 0.3 is 0 Å². The summed E-state index contributed by atoms with van der Waals surface area (Å²) in [5.41, 5.74) is 0.570. The monoisotopic (exact) mass is 390 g/mol. The highest BCUT2D eigenvalue weighted by Gasteiger charge is 2.24. The summed E-state index contributed by atoms with van der Waals surface area (Å²) in [7, 11) is -3.46. The number of nitrogens with one attached hydrogen (secondary N) is 1. The van der Waals surface area contributed by atoms with Crippen molar-refractivity contribution in [1.29, 1.82) is 0 Å². The van der Waals surface area contributed by atoms with E-state index in [2.05, 4.69) is 5.32 Å². The summed E-state index contributed by atoms with van der Waals surface area (Å²) in [6.07, 6.45) is 7.19. The third-order valence-electron chi connectivity index (χ3n) is 4.27. The highest BCUT2D eigenvalue weighted by atomic mass is 32.2. The fourth-order valence-electron chi connectivity index (χ4n) is 2.87. The summed E-state index contributed by atoms with van der Waals surface area (Å²) in [6.45, 7) is 1.16. The zero-order chi connectivity index (χ0) is 18.4. The Hall–Kier alpha value is -1.96. The number of carbonyl (C=O) groups is 1. The predicted octanol–water partition coefficient (Wildman–Crippen LogP) is 3.96. The van der Waals surface area contributed by atoms with E-state index in [4.69, 9.17) is 0 Å². The Morgan fingerprint density at radius 2 is 1.73 bits per heavy atom. The SMILES string of the molecule is O=C(/C=C/c1cccs1)Nc1ccc(S(=O)(=O)N2CCCCCC2)cc1. The van der Waals surface area contributed by atoms with Crippen molar-refractivity contribution in [3.8, 4) is 0 Å². The molecule has 3 rings (SSSR count). The van der Waals surface area contributed by atoms with Crippen LogP contribution in [0.1, 0.15) is 30.6 Å². The minimum atomic E-state index is -3.46. The average Bonchev–Trinajstić information content (AvgIpc) is 3.00. The lowest BCUT2D eigenvalue weighted by Gasteiger charge is -2.20. The van der Waals surface area contributed by atoms with Crippen molar-refractivity contribution in [3.63, 3.8) is 0 Å². The zero-order valence-corrected chi connectivity index (χ0v) is 16.1. The first-order chi connectivity index (χ1) is 12.6. The van der Waals surface area contributed by atoms with E-state index in [-0.39, 0.29) is 10.8 Å². The number of anilines is 1. The lowest BCUT2D eigenvalue weighted by Crippen LogP contribution is -2.31. The van der Waals surface area contributed by atoms with Crippen molar-refractivity contribution in [2.45, 2.75) is 30.6 Å². The van der Waals surface area contributed by atoms with Crippen LogP contribution in [-0.4, -0.2) is 31.7 Å². The molecular weight excluding hydrogens is 368 g/mol. The number of hydrogen-bond donors (Lipinski definition) is 1. The molecule has 0 unspecified atom stereocenters. The van der Waals surface area contributed by atoms with Gasteiger partial charge in [0.05, 0.1) is 4.90 Å². The van der Waals surface area contributed by atoms with Gasteiger partial charge in [0.1, 0.15) is 0 Å². The standard InChI is InChI=1S/C19H22N2O3S2/c22-19(12-9-17-6-5-15-25-17)20-16-7-10-18(11-8-16)26(23,24)21-13-3-1-2-4-14-21/h5-12,15H,1-4,13-14H2,(H,20,22)/b12-9+. The van der Waals surface area contributed by atoms with E-state index in [1.165, 1.54) is 6.08 Å². The van der Waals surface area contributed by atoms with Gasteiger partial charge in [0, 0.05) is 29.7 Å². The Morgan fingerprint density at radius 3 is 2.35 bits per heavy atom. The molecule has 1 amide bonds. The van der Waals surface area contributed by atoms with Crippen molar-refractivity contribution in [3.05, 3.63) is 52.7 Å². The number of hydrogen-bond acceptors (Lipinski definition) is 4. The molecule has 7 heteroatoms. The lowest BCUT2D eigenvalue weighted by atomic mass is 10.2. The molecule has 1 aliphatic heterocycles. The molecule has 138 valence electrons. The number of sulfonamides is 1. The smallest absolute Gasteiger partial charge is 0.248 e. The van der Waals surface area contributed by atoms with E-state index in [9.17, 15) is 13.2 Å². The second kappa shape index (κ2) is 8.62. The number of nitrogens with zero attached hydrogens (tertiary/aromatic N) is 1. The van der Waals surface area contributed by atoms with Crippen LogP contribution < -0.4 is 5.32 Å². The molecule has 1 saturated heterocycles. The summed E-state index contributed by atoms with van der Waals surface area (Å²) in [5, 5.41) is 4.69. The molecule has 1 fully saturated rings. The summed E-state index contributed by atoms with van der Waals surface area (Å²) in [4.78, 5) is 13.2. The lowest BCUT2D eigenvalue weighted by molar-refractivity contribution is -0.111. The Bertz CT molecular complexity index is 849. The van der Waals surface area contributed by atoms with Gasteiger partial charge in [0.15, 0.2) is 0 Å². The predicted molar refractivity (Wildman–Crippen MR) is 106 cm³/mol. The topological polar surface area (TPSA) is 66.5 Å². The van der Waals surface area contributed by atoms with Gasteiger partial charge < -0.3 is 5.32 Å². The maximum atomic E-state index is 12.7. The molecule has 0 radical (unpaired) electrons. The molecule has 0 atom stereocenters. The van der Waals surface area contributed by atoms with Crippen LogP contribution in [0.5, 0.6) is 0 Å². The fourth-order valence-corrected chi connectivity index (χ4v) is 5.00. The maximum Gasteiger partial charge on any atom is 0.248 e. The first-order valence-electron chi connectivity index (χ1n) is 8.68. The Kier molecular flexibility index (Phi) is 6.24. The van der Waals surface area contributed by atoms with Crippen LogP contribution in [0.15, 0.2) is 52.7 Å². The number of thiophene rings is 1. The third-order valence-corrected chi connectivity index (χ3v) is 7.02. The summed E-state index contributed by atoms with van der Waals surface area (Å²) in [5.74, 6) is -0.249. The molecule has 0 spiro atoms. The number of amides is 1. The summed E-state index contributed by atoms with van der Waals surface area (Å²) < 4.78 is 27.0. The highest BCUT2D eigenvalue weighted by molar-refractivity contribution is 7.89. The van der Waals surface area contributed by atoms with Crippen LogP contribution in [0.2, 0.25) is 0 Å². The molecule has 0 saturated carbocycles. The van der Waals surface area contributed by atoms with Crippen molar-refractivity contribution >= 4 is 39.0 Å². The number of carbonyl (C=O) groups excluding carboxylic acids is 1. The molecule has 1 aromatic heterocycles. The fraction of sp³-hybridized carbons (Fsp3) is 0.316. The Balaban J connectivity index is 1.65. The van der Waals surface area contributed by atoms with Gasteiger partial charge in [-0.05, 0) is 54.6 Å². The van der Waals surface area contributed by atoms with Gasteiger partial charge in [-0.25, -0.2) is 8.42 Å². The van der Waals surface area contributed by atoms with Gasteiger partial charge in [-0.15, -0.1) is 11.3 Å².